The zero-order valence-corrected chi connectivity index (χ0v) is 17.9. The van der Waals surface area contributed by atoms with Gasteiger partial charge in [0, 0.05) is 13.1 Å². The minimum absolute atomic E-state index is 0.346. The summed E-state index contributed by atoms with van der Waals surface area (Å²) in [5.41, 5.74) is 10.2. The van der Waals surface area contributed by atoms with Crippen molar-refractivity contribution >= 4 is 17.8 Å². The summed E-state index contributed by atoms with van der Waals surface area (Å²) in [6.07, 6.45) is 7.90. The van der Waals surface area contributed by atoms with E-state index in [0.717, 1.165) is 31.6 Å². The quantitative estimate of drug-likeness (QED) is 0.668. The average molecular weight is 409 g/mol. The van der Waals surface area contributed by atoms with Gasteiger partial charge >= 0.3 is 6.01 Å². The number of anilines is 1. The highest BCUT2D eigenvalue weighted by atomic mass is 16.5. The molecule has 2 aliphatic rings. The molecule has 0 radical (unpaired) electrons. The first-order valence-corrected chi connectivity index (χ1v) is 11.1. The number of nitrogens with two attached hydrogens (primary N) is 1. The van der Waals surface area contributed by atoms with Crippen molar-refractivity contribution in [2.75, 3.05) is 25.4 Å². The summed E-state index contributed by atoms with van der Waals surface area (Å²) >= 11 is 0. The molecule has 160 valence electrons. The van der Waals surface area contributed by atoms with Crippen molar-refractivity contribution in [3.63, 3.8) is 0 Å². The number of hydrogen-bond donors (Lipinski definition) is 1. The van der Waals surface area contributed by atoms with E-state index in [1.165, 1.54) is 43.5 Å². The topological polar surface area (TPSA) is 79.9 Å². The summed E-state index contributed by atoms with van der Waals surface area (Å²) in [7, 11) is 0. The van der Waals surface area contributed by atoms with E-state index in [1.807, 2.05) is 6.34 Å². The number of piperidine rings is 1. The molecule has 1 saturated heterocycles. The van der Waals surface area contributed by atoms with E-state index < -0.39 is 0 Å². The van der Waals surface area contributed by atoms with E-state index >= 15 is 0 Å². The molecule has 0 saturated carbocycles. The fourth-order valence-corrected chi connectivity index (χ4v) is 3.95. The Morgan fingerprint density at radius 2 is 1.73 bits per heavy atom. The van der Waals surface area contributed by atoms with Crippen LogP contribution in [-0.4, -0.2) is 45.8 Å². The molecule has 2 aliphatic heterocycles. The Hall–Kier alpha value is -2.67. The van der Waals surface area contributed by atoms with Gasteiger partial charge in [0.05, 0.1) is 25.2 Å². The average Bonchev–Trinajstić information content (AvgIpc) is 2.76. The smallest absolute Gasteiger partial charge is 0.318 e. The largest absolute Gasteiger partial charge is 0.463 e. The van der Waals surface area contributed by atoms with Crippen molar-refractivity contribution in [2.24, 2.45) is 4.99 Å². The predicted octanol–water partition coefficient (Wildman–Crippen LogP) is 3.90. The highest BCUT2D eigenvalue weighted by Gasteiger charge is 2.19. The Kier molecular flexibility index (Phi) is 6.79. The summed E-state index contributed by atoms with van der Waals surface area (Å²) in [6.45, 7) is 7.65. The molecule has 2 aromatic rings. The minimum Gasteiger partial charge on any atom is -0.463 e. The van der Waals surface area contributed by atoms with Crippen molar-refractivity contribution in [2.45, 2.75) is 58.7 Å². The molecule has 3 heterocycles. The molecular formula is C23H32N6O. The molecule has 1 aromatic heterocycles. The number of benzene rings is 1. The van der Waals surface area contributed by atoms with Crippen LogP contribution in [0.25, 0.3) is 0 Å². The zero-order valence-electron chi connectivity index (χ0n) is 17.9. The molecule has 7 nitrogen and oxygen atoms in total. The predicted molar refractivity (Wildman–Crippen MR) is 120 cm³/mol. The van der Waals surface area contributed by atoms with Gasteiger partial charge in [-0.15, -0.1) is 0 Å². The fourth-order valence-electron chi connectivity index (χ4n) is 3.95. The number of aliphatic imine (C=N–C) groups is 1. The van der Waals surface area contributed by atoms with Gasteiger partial charge in [0.25, 0.3) is 0 Å². The van der Waals surface area contributed by atoms with Crippen LogP contribution in [0.1, 0.15) is 55.8 Å². The lowest BCUT2D eigenvalue weighted by atomic mass is 10.1. The van der Waals surface area contributed by atoms with E-state index in [1.54, 1.807) is 0 Å². The maximum Gasteiger partial charge on any atom is 0.318 e. The Morgan fingerprint density at radius 3 is 2.47 bits per heavy atom. The van der Waals surface area contributed by atoms with Crippen LogP contribution < -0.4 is 10.5 Å². The molecule has 0 bridgehead atoms. The molecule has 4 rings (SSSR count). The summed E-state index contributed by atoms with van der Waals surface area (Å²) < 4.78 is 5.65. The van der Waals surface area contributed by atoms with Crippen molar-refractivity contribution in [1.29, 1.82) is 0 Å². The van der Waals surface area contributed by atoms with Crippen LogP contribution in [0.15, 0.2) is 29.3 Å². The molecule has 2 N–H and O–H groups in total. The molecule has 7 heteroatoms. The van der Waals surface area contributed by atoms with Gasteiger partial charge in [0.1, 0.15) is 5.69 Å². The molecular weight excluding hydrogens is 376 g/mol. The Morgan fingerprint density at radius 1 is 1.00 bits per heavy atom. The van der Waals surface area contributed by atoms with E-state index in [2.05, 4.69) is 55.9 Å². The third-order valence-corrected chi connectivity index (χ3v) is 5.66. The van der Waals surface area contributed by atoms with Gasteiger partial charge < -0.3 is 15.4 Å². The van der Waals surface area contributed by atoms with Crippen LogP contribution in [0.3, 0.4) is 0 Å². The standard InChI is InChI=1S/C23H32N6O/c1-2-3-13-30-23-26-20-16-29(17-25-21(20)22(24)27-23)15-19-9-7-18(8-10-19)14-28-11-5-4-6-12-28/h7-10,17H,2-6,11-16H2,1H3,(H2,24,26,27). The molecule has 0 atom stereocenters. The Labute approximate surface area is 179 Å². The number of aromatic nitrogens is 2. The third kappa shape index (κ3) is 5.27. The molecule has 0 aliphatic carbocycles. The second kappa shape index (κ2) is 9.89. The number of unbranched alkanes of at least 4 members (excludes halogenated alkanes) is 1. The lowest BCUT2D eigenvalue weighted by Gasteiger charge is -2.26. The lowest BCUT2D eigenvalue weighted by molar-refractivity contribution is 0.221. The van der Waals surface area contributed by atoms with Crippen LogP contribution >= 0.6 is 0 Å². The second-order valence-corrected chi connectivity index (χ2v) is 8.19. The van der Waals surface area contributed by atoms with Gasteiger partial charge in [0.2, 0.25) is 0 Å². The molecule has 30 heavy (non-hydrogen) atoms. The van der Waals surface area contributed by atoms with Gasteiger partial charge in [-0.1, -0.05) is 44.0 Å². The molecule has 0 unspecified atom stereocenters. The number of nitrogens with zero attached hydrogens (tertiary/aromatic N) is 5. The summed E-state index contributed by atoms with van der Waals surface area (Å²) in [4.78, 5) is 18.0. The van der Waals surface area contributed by atoms with E-state index in [4.69, 9.17) is 10.5 Å². The molecule has 1 aromatic carbocycles. The van der Waals surface area contributed by atoms with Crippen molar-refractivity contribution in [3.05, 3.63) is 41.1 Å². The second-order valence-electron chi connectivity index (χ2n) is 8.19. The number of ether oxygens (including phenoxy) is 1. The van der Waals surface area contributed by atoms with E-state index in [9.17, 15) is 0 Å². The highest BCUT2D eigenvalue weighted by Crippen LogP contribution is 2.30. The first-order chi connectivity index (χ1) is 14.7. The summed E-state index contributed by atoms with van der Waals surface area (Å²) in [5.74, 6) is 0.379. The van der Waals surface area contributed by atoms with Crippen LogP contribution in [0, 0.1) is 0 Å². The third-order valence-electron chi connectivity index (χ3n) is 5.66. The lowest BCUT2D eigenvalue weighted by Crippen LogP contribution is -2.29. The highest BCUT2D eigenvalue weighted by molar-refractivity contribution is 5.72. The summed E-state index contributed by atoms with van der Waals surface area (Å²) in [5, 5.41) is 0. The molecule has 0 amide bonds. The van der Waals surface area contributed by atoms with E-state index in [-0.39, 0.29) is 0 Å². The van der Waals surface area contributed by atoms with E-state index in [0.29, 0.717) is 30.7 Å². The maximum absolute atomic E-state index is 6.07. The van der Waals surface area contributed by atoms with Crippen LogP contribution in [-0.2, 0) is 19.6 Å². The number of rotatable bonds is 8. The first kappa shape index (κ1) is 20.6. The van der Waals surface area contributed by atoms with Gasteiger partial charge in [0.15, 0.2) is 5.82 Å². The van der Waals surface area contributed by atoms with Gasteiger partial charge in [-0.2, -0.15) is 9.97 Å². The zero-order chi connectivity index (χ0) is 20.8. The minimum atomic E-state index is 0.346. The van der Waals surface area contributed by atoms with Crippen LogP contribution in [0.5, 0.6) is 6.01 Å². The first-order valence-electron chi connectivity index (χ1n) is 11.1. The molecule has 1 fully saturated rings. The number of fused-ring (bicyclic) bond motifs is 1. The van der Waals surface area contributed by atoms with Crippen molar-refractivity contribution in [3.8, 4) is 6.01 Å². The monoisotopic (exact) mass is 408 g/mol. The number of likely N-dealkylation sites (tertiary alicyclic amines) is 1. The van der Waals surface area contributed by atoms with Crippen LogP contribution in [0.4, 0.5) is 11.5 Å². The van der Waals surface area contributed by atoms with Crippen molar-refractivity contribution < 1.29 is 4.74 Å². The summed E-state index contributed by atoms with van der Waals surface area (Å²) in [6, 6.07) is 9.28. The Balaban J connectivity index is 1.36. The normalized spacial score (nSPS) is 16.5. The van der Waals surface area contributed by atoms with Gasteiger partial charge in [-0.05, 0) is 43.5 Å². The van der Waals surface area contributed by atoms with Gasteiger partial charge in [-0.3, -0.25) is 4.90 Å². The van der Waals surface area contributed by atoms with Crippen molar-refractivity contribution in [1.82, 2.24) is 19.8 Å². The number of hydrogen-bond acceptors (Lipinski definition) is 7. The Bertz CT molecular complexity index is 861. The SMILES string of the molecule is CCCCOc1nc(N)c2c(n1)CN(Cc1ccc(CN3CCCCC3)cc1)C=N2. The van der Waals surface area contributed by atoms with Crippen LogP contribution in [0.2, 0.25) is 0 Å². The fraction of sp³-hybridized carbons (Fsp3) is 0.522. The maximum atomic E-state index is 6.07. The number of nitrogen functional groups attached to an aromatic ring is 1. The molecule has 0 spiro atoms. The van der Waals surface area contributed by atoms with Gasteiger partial charge in [-0.25, -0.2) is 4.99 Å².